The van der Waals surface area contributed by atoms with E-state index in [1.54, 1.807) is 0 Å². The standard InChI is InChI=1S/C13H20OSi/c1-5-12-8-10-13(11-9-12)14-15(4,6-2)7-3/h5,8-11H,1,6-7H2,2-4H3. The zero-order valence-electron chi connectivity index (χ0n) is 9.92. The first-order chi connectivity index (χ1) is 7.13. The molecule has 0 saturated heterocycles. The van der Waals surface area contributed by atoms with Crippen molar-refractivity contribution in [3.8, 4) is 5.75 Å². The molecule has 2 heteroatoms. The molecule has 0 spiro atoms. The highest BCUT2D eigenvalue weighted by atomic mass is 28.4. The Kier molecular flexibility index (Phi) is 4.15. The number of rotatable bonds is 5. The average Bonchev–Trinajstić information content (AvgIpc) is 2.30. The second-order valence-corrected chi connectivity index (χ2v) is 8.55. The van der Waals surface area contributed by atoms with Crippen molar-refractivity contribution < 1.29 is 4.43 Å². The molecule has 1 aromatic carbocycles. The molecule has 0 saturated carbocycles. The van der Waals surface area contributed by atoms with Crippen LogP contribution in [-0.4, -0.2) is 8.32 Å². The van der Waals surface area contributed by atoms with E-state index in [1.807, 2.05) is 30.3 Å². The smallest absolute Gasteiger partial charge is 0.247 e. The molecular formula is C13H20OSi. The molecule has 1 rings (SSSR count). The molecule has 0 unspecified atom stereocenters. The Hall–Kier alpha value is -1.02. The van der Waals surface area contributed by atoms with Crippen LogP contribution in [0.25, 0.3) is 6.08 Å². The third-order valence-corrected chi connectivity index (χ3v) is 6.70. The second kappa shape index (κ2) is 5.17. The Morgan fingerprint density at radius 3 is 2.13 bits per heavy atom. The van der Waals surface area contributed by atoms with Gasteiger partial charge in [0, 0.05) is 0 Å². The first-order valence-corrected chi connectivity index (χ1v) is 8.37. The van der Waals surface area contributed by atoms with Crippen LogP contribution >= 0.6 is 0 Å². The predicted octanol–water partition coefficient (Wildman–Crippen LogP) is 4.32. The molecule has 82 valence electrons. The third-order valence-electron chi connectivity index (χ3n) is 2.98. The molecule has 0 heterocycles. The fourth-order valence-corrected chi connectivity index (χ4v) is 2.84. The maximum absolute atomic E-state index is 6.10. The van der Waals surface area contributed by atoms with Crippen molar-refractivity contribution in [2.75, 3.05) is 0 Å². The molecule has 1 nitrogen and oxygen atoms in total. The van der Waals surface area contributed by atoms with Crippen molar-refractivity contribution in [2.45, 2.75) is 32.5 Å². The summed E-state index contributed by atoms with van der Waals surface area (Å²) in [5.74, 6) is 0.999. The van der Waals surface area contributed by atoms with Gasteiger partial charge in [-0.2, -0.15) is 0 Å². The minimum Gasteiger partial charge on any atom is -0.544 e. The Morgan fingerprint density at radius 1 is 1.20 bits per heavy atom. The van der Waals surface area contributed by atoms with Crippen molar-refractivity contribution in [2.24, 2.45) is 0 Å². The lowest BCUT2D eigenvalue weighted by Crippen LogP contribution is -2.36. The first-order valence-electron chi connectivity index (χ1n) is 5.55. The Bertz CT molecular complexity index is 312. The summed E-state index contributed by atoms with van der Waals surface area (Å²) in [6.07, 6.45) is 1.85. The van der Waals surface area contributed by atoms with Crippen LogP contribution in [0.1, 0.15) is 19.4 Å². The SMILES string of the molecule is C=Cc1ccc(O[Si](C)(CC)CC)cc1. The van der Waals surface area contributed by atoms with E-state index < -0.39 is 8.32 Å². The van der Waals surface area contributed by atoms with E-state index in [0.29, 0.717) is 0 Å². The summed E-state index contributed by atoms with van der Waals surface area (Å²) >= 11 is 0. The van der Waals surface area contributed by atoms with Gasteiger partial charge in [0.2, 0.25) is 8.32 Å². The lowest BCUT2D eigenvalue weighted by Gasteiger charge is -2.25. The van der Waals surface area contributed by atoms with Crippen molar-refractivity contribution in [1.29, 1.82) is 0 Å². The molecule has 0 N–H and O–H groups in total. The average molecular weight is 220 g/mol. The van der Waals surface area contributed by atoms with E-state index in [2.05, 4.69) is 27.0 Å². The van der Waals surface area contributed by atoms with Gasteiger partial charge < -0.3 is 4.43 Å². The van der Waals surface area contributed by atoms with E-state index in [0.717, 1.165) is 23.4 Å². The maximum Gasteiger partial charge on any atom is 0.247 e. The Labute approximate surface area is 93.9 Å². The van der Waals surface area contributed by atoms with Crippen LogP contribution in [0, 0.1) is 0 Å². The van der Waals surface area contributed by atoms with Gasteiger partial charge in [0.15, 0.2) is 0 Å². The largest absolute Gasteiger partial charge is 0.544 e. The molecule has 1 aromatic rings. The van der Waals surface area contributed by atoms with Crippen LogP contribution in [-0.2, 0) is 0 Å². The van der Waals surface area contributed by atoms with Crippen LogP contribution in [0.3, 0.4) is 0 Å². The molecule has 15 heavy (non-hydrogen) atoms. The minimum absolute atomic E-state index is 0.999. The predicted molar refractivity (Wildman–Crippen MR) is 69.7 cm³/mol. The van der Waals surface area contributed by atoms with Gasteiger partial charge >= 0.3 is 0 Å². The van der Waals surface area contributed by atoms with Crippen LogP contribution in [0.5, 0.6) is 5.75 Å². The number of hydrogen-bond donors (Lipinski definition) is 0. The van der Waals surface area contributed by atoms with Crippen LogP contribution in [0.2, 0.25) is 18.6 Å². The van der Waals surface area contributed by atoms with Crippen molar-refractivity contribution in [3.05, 3.63) is 36.4 Å². The monoisotopic (exact) mass is 220 g/mol. The summed E-state index contributed by atoms with van der Waals surface area (Å²) < 4.78 is 6.10. The normalized spacial score (nSPS) is 11.1. The quantitative estimate of drug-likeness (QED) is 0.671. The van der Waals surface area contributed by atoms with Crippen LogP contribution in [0.15, 0.2) is 30.8 Å². The van der Waals surface area contributed by atoms with Gasteiger partial charge in [-0.05, 0) is 36.3 Å². The van der Waals surface area contributed by atoms with Gasteiger partial charge in [-0.15, -0.1) is 0 Å². The zero-order chi connectivity index (χ0) is 11.3. The van der Waals surface area contributed by atoms with Gasteiger partial charge in [0.05, 0.1) is 0 Å². The maximum atomic E-state index is 6.10. The van der Waals surface area contributed by atoms with E-state index in [9.17, 15) is 0 Å². The fraction of sp³-hybridized carbons (Fsp3) is 0.385. The summed E-state index contributed by atoms with van der Waals surface area (Å²) in [5.41, 5.74) is 1.14. The summed E-state index contributed by atoms with van der Waals surface area (Å²) in [7, 11) is -1.49. The number of hydrogen-bond acceptors (Lipinski definition) is 1. The van der Waals surface area contributed by atoms with Gasteiger partial charge in [-0.1, -0.05) is 38.6 Å². The van der Waals surface area contributed by atoms with Gasteiger partial charge in [0.1, 0.15) is 5.75 Å². The molecule has 0 aliphatic rings. The lowest BCUT2D eigenvalue weighted by atomic mass is 10.2. The molecule has 0 aliphatic carbocycles. The van der Waals surface area contributed by atoms with Crippen molar-refractivity contribution in [3.63, 3.8) is 0 Å². The van der Waals surface area contributed by atoms with E-state index in [1.165, 1.54) is 0 Å². The number of benzene rings is 1. The summed E-state index contributed by atoms with van der Waals surface area (Å²) in [4.78, 5) is 0. The van der Waals surface area contributed by atoms with Crippen LogP contribution in [0.4, 0.5) is 0 Å². The Morgan fingerprint density at radius 2 is 1.73 bits per heavy atom. The second-order valence-electron chi connectivity index (χ2n) is 4.03. The first kappa shape index (κ1) is 12.0. The molecular weight excluding hydrogens is 200 g/mol. The highest BCUT2D eigenvalue weighted by Gasteiger charge is 2.25. The fourth-order valence-electron chi connectivity index (χ4n) is 1.35. The minimum atomic E-state index is -1.49. The topological polar surface area (TPSA) is 9.23 Å². The molecule has 0 fully saturated rings. The molecule has 0 amide bonds. The van der Waals surface area contributed by atoms with Gasteiger partial charge in [0.25, 0.3) is 0 Å². The third kappa shape index (κ3) is 3.24. The van der Waals surface area contributed by atoms with E-state index in [-0.39, 0.29) is 0 Å². The van der Waals surface area contributed by atoms with E-state index >= 15 is 0 Å². The van der Waals surface area contributed by atoms with Crippen molar-refractivity contribution >= 4 is 14.4 Å². The molecule has 0 bridgehead atoms. The summed E-state index contributed by atoms with van der Waals surface area (Å²) in [5, 5.41) is 0. The molecule has 0 aliphatic heterocycles. The highest BCUT2D eigenvalue weighted by Crippen LogP contribution is 2.22. The van der Waals surface area contributed by atoms with E-state index in [4.69, 9.17) is 4.43 Å². The Balaban J connectivity index is 2.76. The summed E-state index contributed by atoms with van der Waals surface area (Å²) in [6.45, 7) is 10.5. The molecule has 0 atom stereocenters. The molecule has 0 radical (unpaired) electrons. The zero-order valence-corrected chi connectivity index (χ0v) is 10.9. The van der Waals surface area contributed by atoms with Crippen molar-refractivity contribution in [1.82, 2.24) is 0 Å². The molecule has 0 aromatic heterocycles. The van der Waals surface area contributed by atoms with Gasteiger partial charge in [-0.25, -0.2) is 0 Å². The summed E-state index contributed by atoms with van der Waals surface area (Å²) in [6, 6.07) is 10.5. The lowest BCUT2D eigenvalue weighted by molar-refractivity contribution is 0.541. The highest BCUT2D eigenvalue weighted by molar-refractivity contribution is 6.73. The van der Waals surface area contributed by atoms with Crippen LogP contribution < -0.4 is 4.43 Å². The van der Waals surface area contributed by atoms with Gasteiger partial charge in [-0.3, -0.25) is 0 Å².